The lowest BCUT2D eigenvalue weighted by Gasteiger charge is -2.14. The molecule has 0 saturated carbocycles. The molecule has 0 aliphatic heterocycles. The van der Waals surface area contributed by atoms with Crippen molar-refractivity contribution in [3.8, 4) is 0 Å². The molecule has 1 heterocycles. The van der Waals surface area contributed by atoms with E-state index in [1.165, 1.54) is 6.07 Å². The molecule has 0 bridgehead atoms. The first kappa shape index (κ1) is 14.2. The summed E-state index contributed by atoms with van der Waals surface area (Å²) < 4.78 is 38.5. The third kappa shape index (κ3) is 2.69. The van der Waals surface area contributed by atoms with Crippen molar-refractivity contribution in [1.82, 2.24) is 10.2 Å². The summed E-state index contributed by atoms with van der Waals surface area (Å²) in [6.07, 6.45) is -3.54. The minimum atomic E-state index is -4.64. The van der Waals surface area contributed by atoms with Crippen LogP contribution in [0.1, 0.15) is 15.9 Å². The number of nitrogens with one attached hydrogen (secondary N) is 2. The molecule has 4 N–H and O–H groups in total. The summed E-state index contributed by atoms with van der Waals surface area (Å²) in [7, 11) is 0. The van der Waals surface area contributed by atoms with Crippen LogP contribution in [0.3, 0.4) is 0 Å². The Bertz CT molecular complexity index is 653. The number of anilines is 2. The molecular weight excluding hydrogens is 297 g/mol. The van der Waals surface area contributed by atoms with Crippen LogP contribution in [0.2, 0.25) is 5.02 Å². The van der Waals surface area contributed by atoms with Crippen molar-refractivity contribution in [2.24, 2.45) is 0 Å². The summed E-state index contributed by atoms with van der Waals surface area (Å²) >= 11 is 5.71. The van der Waals surface area contributed by atoms with Gasteiger partial charge in [-0.3, -0.25) is 9.89 Å². The number of para-hydroxylation sites is 1. The molecule has 2 rings (SSSR count). The molecular formula is C11H8ClF3N4O. The molecule has 1 aromatic carbocycles. The predicted molar refractivity (Wildman–Crippen MR) is 67.4 cm³/mol. The van der Waals surface area contributed by atoms with E-state index in [9.17, 15) is 18.0 Å². The van der Waals surface area contributed by atoms with Crippen LogP contribution in [-0.2, 0) is 6.18 Å². The van der Waals surface area contributed by atoms with Crippen LogP contribution in [0.4, 0.5) is 24.7 Å². The molecule has 5 nitrogen and oxygen atoms in total. The molecule has 9 heteroatoms. The second-order valence-corrected chi connectivity index (χ2v) is 4.22. The fourth-order valence-electron chi connectivity index (χ4n) is 1.55. The molecule has 0 unspecified atom stereocenters. The number of benzene rings is 1. The lowest BCUT2D eigenvalue weighted by molar-refractivity contribution is -0.136. The molecule has 20 heavy (non-hydrogen) atoms. The average molecular weight is 305 g/mol. The van der Waals surface area contributed by atoms with Gasteiger partial charge in [0.25, 0.3) is 5.91 Å². The van der Waals surface area contributed by atoms with Crippen molar-refractivity contribution >= 4 is 29.0 Å². The second-order valence-electron chi connectivity index (χ2n) is 3.81. The van der Waals surface area contributed by atoms with Crippen LogP contribution in [0.25, 0.3) is 0 Å². The monoisotopic (exact) mass is 304 g/mol. The first-order valence-corrected chi connectivity index (χ1v) is 5.64. The van der Waals surface area contributed by atoms with Gasteiger partial charge in [-0.25, -0.2) is 0 Å². The number of hydrogen-bond acceptors (Lipinski definition) is 3. The highest BCUT2D eigenvalue weighted by molar-refractivity contribution is 6.34. The summed E-state index contributed by atoms with van der Waals surface area (Å²) in [5.41, 5.74) is 3.79. The predicted octanol–water partition coefficient (Wildman–Crippen LogP) is 2.92. The SMILES string of the molecule is Nc1[nH]ncc1C(=O)Nc1c(Cl)cccc1C(F)(F)F. The topological polar surface area (TPSA) is 83.8 Å². The van der Waals surface area contributed by atoms with Gasteiger partial charge in [0.05, 0.1) is 22.5 Å². The van der Waals surface area contributed by atoms with Crippen LogP contribution in [0.15, 0.2) is 24.4 Å². The van der Waals surface area contributed by atoms with E-state index in [0.29, 0.717) is 0 Å². The van der Waals surface area contributed by atoms with Gasteiger partial charge < -0.3 is 11.1 Å². The van der Waals surface area contributed by atoms with Crippen molar-refractivity contribution in [1.29, 1.82) is 0 Å². The van der Waals surface area contributed by atoms with E-state index in [0.717, 1.165) is 18.3 Å². The van der Waals surface area contributed by atoms with Crippen molar-refractivity contribution in [3.63, 3.8) is 0 Å². The lowest BCUT2D eigenvalue weighted by atomic mass is 10.1. The fourth-order valence-corrected chi connectivity index (χ4v) is 1.77. The van der Waals surface area contributed by atoms with Crippen molar-refractivity contribution in [3.05, 3.63) is 40.5 Å². The zero-order chi connectivity index (χ0) is 14.9. The quantitative estimate of drug-likeness (QED) is 0.797. The molecule has 106 valence electrons. The Morgan fingerprint density at radius 2 is 2.10 bits per heavy atom. The molecule has 0 spiro atoms. The fraction of sp³-hybridized carbons (Fsp3) is 0.0909. The van der Waals surface area contributed by atoms with Gasteiger partial charge in [0.15, 0.2) is 0 Å². The van der Waals surface area contributed by atoms with E-state index in [-0.39, 0.29) is 16.4 Å². The van der Waals surface area contributed by atoms with E-state index in [2.05, 4.69) is 15.5 Å². The van der Waals surface area contributed by atoms with Gasteiger partial charge in [-0.2, -0.15) is 18.3 Å². The van der Waals surface area contributed by atoms with E-state index in [4.69, 9.17) is 17.3 Å². The van der Waals surface area contributed by atoms with Gasteiger partial charge in [0.1, 0.15) is 11.4 Å². The van der Waals surface area contributed by atoms with E-state index in [1.807, 2.05) is 0 Å². The molecule has 0 fully saturated rings. The molecule has 0 aliphatic carbocycles. The largest absolute Gasteiger partial charge is 0.418 e. The zero-order valence-electron chi connectivity index (χ0n) is 9.75. The maximum atomic E-state index is 12.8. The van der Waals surface area contributed by atoms with E-state index < -0.39 is 23.3 Å². The van der Waals surface area contributed by atoms with Crippen molar-refractivity contribution in [2.45, 2.75) is 6.18 Å². The van der Waals surface area contributed by atoms with Gasteiger partial charge in [-0.05, 0) is 12.1 Å². The van der Waals surface area contributed by atoms with Gasteiger partial charge in [-0.15, -0.1) is 0 Å². The number of rotatable bonds is 2. The standard InChI is InChI=1S/C11H8ClF3N4O/c12-7-3-1-2-6(11(13,14)15)8(7)18-10(20)5-4-17-19-9(5)16/h1-4H,(H,18,20)(H3,16,17,19). The normalized spacial score (nSPS) is 11.4. The Labute approximate surface area is 115 Å². The molecule has 1 aromatic heterocycles. The summed E-state index contributed by atoms with van der Waals surface area (Å²) in [6.45, 7) is 0. The number of halogens is 4. The molecule has 0 aliphatic rings. The molecule has 1 amide bonds. The average Bonchev–Trinajstić information content (AvgIpc) is 2.76. The lowest BCUT2D eigenvalue weighted by Crippen LogP contribution is -2.17. The summed E-state index contributed by atoms with van der Waals surface area (Å²) in [4.78, 5) is 11.9. The number of aromatic nitrogens is 2. The number of carbonyl (C=O) groups is 1. The number of aromatic amines is 1. The van der Waals surface area contributed by atoms with Gasteiger partial charge in [0, 0.05) is 0 Å². The van der Waals surface area contributed by atoms with Crippen molar-refractivity contribution < 1.29 is 18.0 Å². The van der Waals surface area contributed by atoms with Crippen LogP contribution in [0.5, 0.6) is 0 Å². The summed E-state index contributed by atoms with van der Waals surface area (Å²) in [5, 5.41) is 7.69. The summed E-state index contributed by atoms with van der Waals surface area (Å²) in [6, 6.07) is 3.21. The van der Waals surface area contributed by atoms with Crippen LogP contribution >= 0.6 is 11.6 Å². The number of alkyl halides is 3. The Balaban J connectivity index is 2.39. The van der Waals surface area contributed by atoms with Gasteiger partial charge >= 0.3 is 6.18 Å². The van der Waals surface area contributed by atoms with Crippen LogP contribution < -0.4 is 11.1 Å². The highest BCUT2D eigenvalue weighted by atomic mass is 35.5. The Kier molecular flexibility index (Phi) is 3.58. The number of hydrogen-bond donors (Lipinski definition) is 3. The van der Waals surface area contributed by atoms with Gasteiger partial charge in [0.2, 0.25) is 0 Å². The molecule has 0 saturated heterocycles. The van der Waals surface area contributed by atoms with E-state index >= 15 is 0 Å². The number of carbonyl (C=O) groups excluding carboxylic acids is 1. The number of nitrogens with zero attached hydrogens (tertiary/aromatic N) is 1. The highest BCUT2D eigenvalue weighted by Gasteiger charge is 2.35. The third-order valence-corrected chi connectivity index (χ3v) is 2.79. The zero-order valence-corrected chi connectivity index (χ0v) is 10.5. The second kappa shape index (κ2) is 5.04. The highest BCUT2D eigenvalue weighted by Crippen LogP contribution is 2.38. The first-order chi connectivity index (χ1) is 9.30. The molecule has 2 aromatic rings. The summed E-state index contributed by atoms with van der Waals surface area (Å²) in [5.74, 6) is -0.891. The van der Waals surface area contributed by atoms with Crippen LogP contribution in [0, 0.1) is 0 Å². The van der Waals surface area contributed by atoms with E-state index in [1.54, 1.807) is 0 Å². The maximum Gasteiger partial charge on any atom is 0.418 e. The number of H-pyrrole nitrogens is 1. The Morgan fingerprint density at radius 1 is 1.40 bits per heavy atom. The van der Waals surface area contributed by atoms with Gasteiger partial charge in [-0.1, -0.05) is 17.7 Å². The van der Waals surface area contributed by atoms with Crippen LogP contribution in [-0.4, -0.2) is 16.1 Å². The van der Waals surface area contributed by atoms with Crippen molar-refractivity contribution in [2.75, 3.05) is 11.1 Å². The first-order valence-electron chi connectivity index (χ1n) is 5.26. The number of nitrogens with two attached hydrogens (primary N) is 1. The maximum absolute atomic E-state index is 12.8. The molecule has 0 radical (unpaired) electrons. The minimum absolute atomic E-state index is 0.0527. The number of nitrogen functional groups attached to an aromatic ring is 1. The number of amides is 1. The molecule has 0 atom stereocenters. The smallest absolute Gasteiger partial charge is 0.383 e. The third-order valence-electron chi connectivity index (χ3n) is 2.47. The minimum Gasteiger partial charge on any atom is -0.383 e. The Morgan fingerprint density at radius 3 is 2.65 bits per heavy atom. The Hall–Kier alpha value is -2.22.